The summed E-state index contributed by atoms with van der Waals surface area (Å²) in [5.41, 5.74) is 5.72. The molecule has 3 N–H and O–H groups in total. The molecule has 3 nitrogen and oxygen atoms in total. The maximum atomic E-state index is 9.54. The quantitative estimate of drug-likeness (QED) is 0.677. The monoisotopic (exact) mass is 186 g/mol. The molecule has 0 bridgehead atoms. The smallest absolute Gasteiger partial charge is 0.0667 e. The molecular formula is C10H22N2O. The summed E-state index contributed by atoms with van der Waals surface area (Å²) in [5.74, 6) is 0. The van der Waals surface area contributed by atoms with Gasteiger partial charge in [0.15, 0.2) is 0 Å². The van der Waals surface area contributed by atoms with E-state index in [-0.39, 0.29) is 11.6 Å². The Bertz CT molecular complexity index is 159. The lowest BCUT2D eigenvalue weighted by Crippen LogP contribution is -2.51. The molecule has 0 spiro atoms. The fourth-order valence-electron chi connectivity index (χ4n) is 2.02. The topological polar surface area (TPSA) is 49.5 Å². The normalized spacial score (nSPS) is 26.3. The summed E-state index contributed by atoms with van der Waals surface area (Å²) >= 11 is 0. The third-order valence-electron chi connectivity index (χ3n) is 3.01. The SMILES string of the molecule is CC(C)(CCN)N1CCCC(O)C1. The average Bonchev–Trinajstić information content (AvgIpc) is 2.04. The van der Waals surface area contributed by atoms with Gasteiger partial charge < -0.3 is 10.8 Å². The van der Waals surface area contributed by atoms with E-state index in [1.165, 1.54) is 0 Å². The standard InChI is InChI=1S/C10H22N2O/c1-10(2,5-6-11)12-7-3-4-9(13)8-12/h9,13H,3-8,11H2,1-2H3. The van der Waals surface area contributed by atoms with Gasteiger partial charge in [-0.1, -0.05) is 0 Å². The van der Waals surface area contributed by atoms with Crippen LogP contribution in [-0.4, -0.2) is 41.3 Å². The molecule has 1 rings (SSSR count). The van der Waals surface area contributed by atoms with Gasteiger partial charge in [-0.25, -0.2) is 0 Å². The van der Waals surface area contributed by atoms with E-state index in [0.29, 0.717) is 0 Å². The fourth-order valence-corrected chi connectivity index (χ4v) is 2.02. The van der Waals surface area contributed by atoms with E-state index in [1.54, 1.807) is 0 Å². The van der Waals surface area contributed by atoms with Crippen molar-refractivity contribution in [3.05, 3.63) is 0 Å². The summed E-state index contributed by atoms with van der Waals surface area (Å²) in [6.07, 6.45) is 2.93. The zero-order valence-electron chi connectivity index (χ0n) is 8.79. The average molecular weight is 186 g/mol. The molecule has 0 saturated carbocycles. The van der Waals surface area contributed by atoms with Gasteiger partial charge in [-0.05, 0) is 46.2 Å². The number of β-amino-alcohol motifs (C(OH)–C–C–N with tert-alkyl or cyclic N) is 1. The van der Waals surface area contributed by atoms with Crippen molar-refractivity contribution < 1.29 is 5.11 Å². The molecular weight excluding hydrogens is 164 g/mol. The van der Waals surface area contributed by atoms with Crippen molar-refractivity contribution in [3.8, 4) is 0 Å². The van der Waals surface area contributed by atoms with Crippen molar-refractivity contribution >= 4 is 0 Å². The first kappa shape index (κ1) is 11.0. The van der Waals surface area contributed by atoms with E-state index >= 15 is 0 Å². The fraction of sp³-hybridized carbons (Fsp3) is 1.00. The van der Waals surface area contributed by atoms with E-state index in [0.717, 1.165) is 38.9 Å². The van der Waals surface area contributed by atoms with Gasteiger partial charge >= 0.3 is 0 Å². The molecule has 0 amide bonds. The molecule has 13 heavy (non-hydrogen) atoms. The molecule has 0 aromatic carbocycles. The summed E-state index contributed by atoms with van der Waals surface area (Å²) in [6, 6.07) is 0. The van der Waals surface area contributed by atoms with Gasteiger partial charge in [-0.2, -0.15) is 0 Å². The zero-order chi connectivity index (χ0) is 9.90. The predicted molar refractivity (Wildman–Crippen MR) is 54.6 cm³/mol. The van der Waals surface area contributed by atoms with Gasteiger partial charge in [-0.3, -0.25) is 4.90 Å². The summed E-state index contributed by atoms with van der Waals surface area (Å²) in [7, 11) is 0. The van der Waals surface area contributed by atoms with Crippen molar-refractivity contribution in [2.24, 2.45) is 5.73 Å². The molecule has 1 fully saturated rings. The molecule has 1 aliphatic heterocycles. The third kappa shape index (κ3) is 2.93. The van der Waals surface area contributed by atoms with Crippen LogP contribution in [0.5, 0.6) is 0 Å². The highest BCUT2D eigenvalue weighted by Crippen LogP contribution is 2.22. The van der Waals surface area contributed by atoms with Crippen LogP contribution in [0.25, 0.3) is 0 Å². The number of aliphatic hydroxyl groups excluding tert-OH is 1. The van der Waals surface area contributed by atoms with Crippen molar-refractivity contribution in [2.45, 2.75) is 44.8 Å². The van der Waals surface area contributed by atoms with E-state index in [9.17, 15) is 5.11 Å². The van der Waals surface area contributed by atoms with E-state index < -0.39 is 0 Å². The molecule has 1 aliphatic rings. The highest BCUT2D eigenvalue weighted by atomic mass is 16.3. The molecule has 0 aliphatic carbocycles. The van der Waals surface area contributed by atoms with Crippen LogP contribution in [0, 0.1) is 0 Å². The Balaban J connectivity index is 2.48. The minimum absolute atomic E-state index is 0.134. The first-order valence-electron chi connectivity index (χ1n) is 5.19. The molecule has 1 saturated heterocycles. The Morgan fingerprint density at radius 1 is 1.54 bits per heavy atom. The van der Waals surface area contributed by atoms with Crippen LogP contribution in [0.15, 0.2) is 0 Å². The largest absolute Gasteiger partial charge is 0.392 e. The Morgan fingerprint density at radius 2 is 2.23 bits per heavy atom. The molecule has 78 valence electrons. The molecule has 1 heterocycles. The molecule has 0 aromatic rings. The van der Waals surface area contributed by atoms with Crippen LogP contribution < -0.4 is 5.73 Å². The van der Waals surface area contributed by atoms with Crippen molar-refractivity contribution in [2.75, 3.05) is 19.6 Å². The van der Waals surface area contributed by atoms with Gasteiger partial charge in [0, 0.05) is 12.1 Å². The Hall–Kier alpha value is -0.120. The third-order valence-corrected chi connectivity index (χ3v) is 3.01. The Labute approximate surface area is 80.9 Å². The number of nitrogens with two attached hydrogens (primary N) is 1. The first-order chi connectivity index (χ1) is 6.06. The van der Waals surface area contributed by atoms with E-state index in [4.69, 9.17) is 5.73 Å². The van der Waals surface area contributed by atoms with Crippen LogP contribution in [0.2, 0.25) is 0 Å². The number of hydrogen-bond acceptors (Lipinski definition) is 3. The van der Waals surface area contributed by atoms with Crippen molar-refractivity contribution in [1.82, 2.24) is 4.90 Å². The number of aliphatic hydroxyl groups is 1. The van der Waals surface area contributed by atoms with E-state index in [2.05, 4.69) is 18.7 Å². The van der Waals surface area contributed by atoms with Gasteiger partial charge in [0.2, 0.25) is 0 Å². The molecule has 3 heteroatoms. The minimum Gasteiger partial charge on any atom is -0.392 e. The second-order valence-electron chi connectivity index (χ2n) is 4.59. The maximum Gasteiger partial charge on any atom is 0.0667 e. The summed E-state index contributed by atoms with van der Waals surface area (Å²) in [4.78, 5) is 2.36. The Kier molecular flexibility index (Phi) is 3.71. The lowest BCUT2D eigenvalue weighted by molar-refractivity contribution is 0.0127. The minimum atomic E-state index is -0.134. The number of piperidine rings is 1. The highest BCUT2D eigenvalue weighted by Gasteiger charge is 2.29. The van der Waals surface area contributed by atoms with Crippen LogP contribution in [-0.2, 0) is 0 Å². The van der Waals surface area contributed by atoms with Gasteiger partial charge in [0.05, 0.1) is 6.10 Å². The number of likely N-dealkylation sites (tertiary alicyclic amines) is 1. The van der Waals surface area contributed by atoms with Crippen LogP contribution >= 0.6 is 0 Å². The van der Waals surface area contributed by atoms with Crippen LogP contribution in [0.3, 0.4) is 0 Å². The Morgan fingerprint density at radius 3 is 2.77 bits per heavy atom. The van der Waals surface area contributed by atoms with Crippen LogP contribution in [0.1, 0.15) is 33.1 Å². The molecule has 1 unspecified atom stereocenters. The number of rotatable bonds is 3. The van der Waals surface area contributed by atoms with Crippen molar-refractivity contribution in [3.63, 3.8) is 0 Å². The number of nitrogens with zero attached hydrogens (tertiary/aromatic N) is 1. The molecule has 0 radical (unpaired) electrons. The molecule has 1 atom stereocenters. The highest BCUT2D eigenvalue weighted by molar-refractivity contribution is 4.85. The van der Waals surface area contributed by atoms with Gasteiger partial charge in [0.1, 0.15) is 0 Å². The van der Waals surface area contributed by atoms with E-state index in [1.807, 2.05) is 0 Å². The second kappa shape index (κ2) is 4.40. The van der Waals surface area contributed by atoms with Gasteiger partial charge in [0.25, 0.3) is 0 Å². The summed E-state index contributed by atoms with van der Waals surface area (Å²) < 4.78 is 0. The van der Waals surface area contributed by atoms with Crippen LogP contribution in [0.4, 0.5) is 0 Å². The first-order valence-corrected chi connectivity index (χ1v) is 5.19. The predicted octanol–water partition coefficient (Wildman–Crippen LogP) is 0.571. The summed E-state index contributed by atoms with van der Waals surface area (Å²) in [6.45, 7) is 7.05. The molecule has 0 aromatic heterocycles. The second-order valence-corrected chi connectivity index (χ2v) is 4.59. The lowest BCUT2D eigenvalue weighted by Gasteiger charge is -2.42. The number of hydrogen-bond donors (Lipinski definition) is 2. The van der Waals surface area contributed by atoms with Gasteiger partial charge in [-0.15, -0.1) is 0 Å². The zero-order valence-corrected chi connectivity index (χ0v) is 8.79. The summed E-state index contributed by atoms with van der Waals surface area (Å²) in [5, 5.41) is 9.54. The van der Waals surface area contributed by atoms with Crippen molar-refractivity contribution in [1.29, 1.82) is 0 Å². The lowest BCUT2D eigenvalue weighted by atomic mass is 9.94. The maximum absolute atomic E-state index is 9.54.